The number of rotatable bonds is 4. The number of benzene rings is 1. The van der Waals surface area contributed by atoms with Crippen molar-refractivity contribution in [2.24, 2.45) is 12.8 Å². The summed E-state index contributed by atoms with van der Waals surface area (Å²) in [6.07, 6.45) is 2.90. The van der Waals surface area contributed by atoms with Crippen LogP contribution in [0.2, 0.25) is 0 Å². The van der Waals surface area contributed by atoms with Gasteiger partial charge in [-0.25, -0.2) is 18.1 Å². The van der Waals surface area contributed by atoms with Gasteiger partial charge in [-0.15, -0.1) is 0 Å². The Morgan fingerprint density at radius 2 is 2.05 bits per heavy atom. The van der Waals surface area contributed by atoms with E-state index in [1.54, 1.807) is 11.6 Å². The van der Waals surface area contributed by atoms with Gasteiger partial charge in [0, 0.05) is 25.4 Å². The fourth-order valence-electron chi connectivity index (χ4n) is 1.64. The van der Waals surface area contributed by atoms with Crippen molar-refractivity contribution >= 4 is 10.0 Å². The lowest BCUT2D eigenvalue weighted by Gasteiger charge is -2.04. The summed E-state index contributed by atoms with van der Waals surface area (Å²) >= 11 is 0. The molecule has 0 aliphatic rings. The van der Waals surface area contributed by atoms with Crippen molar-refractivity contribution in [3.63, 3.8) is 0 Å². The fraction of sp³-hybridized carbons (Fsp3) is 0.214. The molecule has 2 aromatic rings. The summed E-state index contributed by atoms with van der Waals surface area (Å²) in [5.74, 6) is 5.67. The lowest BCUT2D eigenvalue weighted by molar-refractivity contribution is 0.578. The van der Waals surface area contributed by atoms with Gasteiger partial charge in [0.1, 0.15) is 0 Å². The SMILES string of the molecule is Cn1cnc(S(=O)(=O)NCc2ccc(C#CCN)cc2)c1. The molecule has 7 heteroatoms. The second kappa shape index (κ2) is 6.54. The lowest BCUT2D eigenvalue weighted by Crippen LogP contribution is -2.23. The molecule has 0 spiro atoms. The van der Waals surface area contributed by atoms with Crippen LogP contribution in [0.4, 0.5) is 0 Å². The van der Waals surface area contributed by atoms with Gasteiger partial charge in [0.15, 0.2) is 5.03 Å². The van der Waals surface area contributed by atoms with Crippen molar-refractivity contribution in [3.8, 4) is 11.8 Å². The van der Waals surface area contributed by atoms with E-state index in [2.05, 4.69) is 21.5 Å². The molecule has 0 saturated carbocycles. The molecule has 0 fully saturated rings. The van der Waals surface area contributed by atoms with Crippen LogP contribution < -0.4 is 10.5 Å². The van der Waals surface area contributed by atoms with Crippen molar-refractivity contribution in [2.75, 3.05) is 6.54 Å². The van der Waals surface area contributed by atoms with E-state index >= 15 is 0 Å². The molecule has 0 amide bonds. The van der Waals surface area contributed by atoms with Crippen LogP contribution in [0.5, 0.6) is 0 Å². The number of aromatic nitrogens is 2. The highest BCUT2D eigenvalue weighted by Gasteiger charge is 2.16. The van der Waals surface area contributed by atoms with Gasteiger partial charge in [-0.05, 0) is 17.7 Å². The molecule has 3 N–H and O–H groups in total. The van der Waals surface area contributed by atoms with E-state index in [4.69, 9.17) is 5.73 Å². The van der Waals surface area contributed by atoms with Gasteiger partial charge in [0.25, 0.3) is 10.0 Å². The predicted molar refractivity (Wildman–Crippen MR) is 79.6 cm³/mol. The molecule has 0 unspecified atom stereocenters. The van der Waals surface area contributed by atoms with Crippen molar-refractivity contribution in [1.29, 1.82) is 0 Å². The summed E-state index contributed by atoms with van der Waals surface area (Å²) in [6, 6.07) is 7.29. The van der Waals surface area contributed by atoms with Crippen LogP contribution in [0.15, 0.2) is 41.8 Å². The molecule has 1 heterocycles. The topological polar surface area (TPSA) is 90.0 Å². The largest absolute Gasteiger partial charge is 0.339 e. The van der Waals surface area contributed by atoms with Gasteiger partial charge in [0.2, 0.25) is 0 Å². The average Bonchev–Trinajstić information content (AvgIpc) is 2.91. The maximum absolute atomic E-state index is 12.0. The van der Waals surface area contributed by atoms with E-state index in [0.717, 1.165) is 11.1 Å². The summed E-state index contributed by atoms with van der Waals surface area (Å²) < 4.78 is 28.1. The van der Waals surface area contributed by atoms with Gasteiger partial charge >= 0.3 is 0 Å². The highest BCUT2D eigenvalue weighted by Crippen LogP contribution is 2.07. The third kappa shape index (κ3) is 4.16. The highest BCUT2D eigenvalue weighted by molar-refractivity contribution is 7.89. The standard InChI is InChI=1S/C14H16N4O2S/c1-18-10-14(16-11-18)21(19,20)17-9-13-6-4-12(5-7-13)3-2-8-15/h4-7,10-11,17H,8-9,15H2,1H3. The maximum atomic E-state index is 12.0. The van der Waals surface area contributed by atoms with Crippen LogP contribution in [0, 0.1) is 11.8 Å². The minimum Gasteiger partial charge on any atom is -0.339 e. The zero-order valence-electron chi connectivity index (χ0n) is 11.6. The van der Waals surface area contributed by atoms with Crippen LogP contribution in [-0.4, -0.2) is 24.5 Å². The van der Waals surface area contributed by atoms with E-state index in [1.807, 2.05) is 24.3 Å². The number of nitrogens with one attached hydrogen (secondary N) is 1. The van der Waals surface area contributed by atoms with Gasteiger partial charge in [-0.1, -0.05) is 24.0 Å². The first-order valence-electron chi connectivity index (χ1n) is 6.27. The summed E-state index contributed by atoms with van der Waals surface area (Å²) in [5.41, 5.74) is 6.99. The summed E-state index contributed by atoms with van der Waals surface area (Å²) in [7, 11) is -1.87. The Bertz CT molecular complexity index is 767. The van der Waals surface area contributed by atoms with Crippen molar-refractivity contribution < 1.29 is 8.42 Å². The molecule has 0 saturated heterocycles. The Morgan fingerprint density at radius 3 is 2.62 bits per heavy atom. The Morgan fingerprint density at radius 1 is 1.33 bits per heavy atom. The zero-order valence-corrected chi connectivity index (χ0v) is 12.4. The molecule has 21 heavy (non-hydrogen) atoms. The van der Waals surface area contributed by atoms with Crippen LogP contribution in [0.25, 0.3) is 0 Å². The van der Waals surface area contributed by atoms with Crippen LogP contribution in [0.3, 0.4) is 0 Å². The van der Waals surface area contributed by atoms with Gasteiger partial charge in [-0.3, -0.25) is 0 Å². The average molecular weight is 304 g/mol. The Hall–Kier alpha value is -2.14. The van der Waals surface area contributed by atoms with Crippen molar-refractivity contribution in [1.82, 2.24) is 14.3 Å². The van der Waals surface area contributed by atoms with Gasteiger partial charge < -0.3 is 10.3 Å². The minimum atomic E-state index is -3.59. The molecular weight excluding hydrogens is 288 g/mol. The Balaban J connectivity index is 2.03. The van der Waals surface area contributed by atoms with Crippen molar-refractivity contribution in [2.45, 2.75) is 11.6 Å². The van der Waals surface area contributed by atoms with Crippen molar-refractivity contribution in [3.05, 3.63) is 47.9 Å². The van der Waals surface area contributed by atoms with E-state index in [9.17, 15) is 8.42 Å². The second-order valence-electron chi connectivity index (χ2n) is 4.40. The minimum absolute atomic E-state index is 0.00966. The molecule has 0 atom stereocenters. The molecule has 2 rings (SSSR count). The molecule has 0 aliphatic carbocycles. The number of aryl methyl sites for hydroxylation is 1. The third-order valence-corrected chi connectivity index (χ3v) is 4.00. The van der Waals surface area contributed by atoms with Crippen LogP contribution in [0.1, 0.15) is 11.1 Å². The van der Waals surface area contributed by atoms with E-state index in [1.165, 1.54) is 12.5 Å². The molecule has 1 aromatic heterocycles. The zero-order chi connectivity index (χ0) is 15.3. The van der Waals surface area contributed by atoms with Crippen LogP contribution >= 0.6 is 0 Å². The number of sulfonamides is 1. The Labute approximate surface area is 124 Å². The number of hydrogen-bond donors (Lipinski definition) is 2. The monoisotopic (exact) mass is 304 g/mol. The first-order valence-corrected chi connectivity index (χ1v) is 7.75. The summed E-state index contributed by atoms with van der Waals surface area (Å²) in [6.45, 7) is 0.509. The molecule has 0 aliphatic heterocycles. The lowest BCUT2D eigenvalue weighted by atomic mass is 10.1. The number of hydrogen-bond acceptors (Lipinski definition) is 4. The first-order chi connectivity index (χ1) is 10.0. The number of nitrogens with zero attached hydrogens (tertiary/aromatic N) is 2. The smallest absolute Gasteiger partial charge is 0.259 e. The molecule has 110 valence electrons. The predicted octanol–water partition coefficient (Wildman–Crippen LogP) is 0.209. The van der Waals surface area contributed by atoms with E-state index in [0.29, 0.717) is 6.54 Å². The fourth-order valence-corrected chi connectivity index (χ4v) is 2.63. The Kier molecular flexibility index (Phi) is 4.75. The van der Waals surface area contributed by atoms with E-state index < -0.39 is 10.0 Å². The molecule has 0 bridgehead atoms. The van der Waals surface area contributed by atoms with E-state index in [-0.39, 0.29) is 11.6 Å². The van der Waals surface area contributed by atoms with Gasteiger partial charge in [-0.2, -0.15) is 0 Å². The highest BCUT2D eigenvalue weighted by atomic mass is 32.2. The quantitative estimate of drug-likeness (QED) is 0.790. The third-order valence-electron chi connectivity index (χ3n) is 2.71. The molecular formula is C14H16N4O2S. The first kappa shape index (κ1) is 15.3. The van der Waals surface area contributed by atoms with Gasteiger partial charge in [0.05, 0.1) is 12.9 Å². The molecule has 6 nitrogen and oxygen atoms in total. The summed E-state index contributed by atoms with van der Waals surface area (Å²) in [4.78, 5) is 3.83. The number of imidazole rings is 1. The number of nitrogens with two attached hydrogens (primary N) is 1. The van der Waals surface area contributed by atoms with Crippen LogP contribution in [-0.2, 0) is 23.6 Å². The second-order valence-corrected chi connectivity index (χ2v) is 6.12. The molecule has 1 aromatic carbocycles. The molecule has 0 radical (unpaired) electrons. The summed E-state index contributed by atoms with van der Waals surface area (Å²) in [5, 5.41) is 0.00966. The normalized spacial score (nSPS) is 11.0. The maximum Gasteiger partial charge on any atom is 0.259 e.